The molecule has 2 saturated carbocycles. The topological polar surface area (TPSA) is 9.23 Å². The molecule has 0 saturated heterocycles. The van der Waals surface area contributed by atoms with Gasteiger partial charge in [0.05, 0.1) is 5.92 Å². The van der Waals surface area contributed by atoms with Crippen molar-refractivity contribution in [3.63, 3.8) is 0 Å². The zero-order chi connectivity index (χ0) is 20.3. The lowest BCUT2D eigenvalue weighted by Crippen LogP contribution is -2.36. The summed E-state index contributed by atoms with van der Waals surface area (Å²) >= 11 is 0. The van der Waals surface area contributed by atoms with Crippen LogP contribution in [0.3, 0.4) is 0 Å². The predicted octanol–water partition coefficient (Wildman–Crippen LogP) is 7.79. The van der Waals surface area contributed by atoms with Crippen LogP contribution in [0, 0.1) is 23.7 Å². The van der Waals surface area contributed by atoms with E-state index < -0.39 is 42.0 Å². The van der Waals surface area contributed by atoms with Gasteiger partial charge >= 0.3 is 6.11 Å². The second-order valence-corrected chi connectivity index (χ2v) is 8.82. The lowest BCUT2D eigenvalue weighted by molar-refractivity contribution is -0.258. The van der Waals surface area contributed by atoms with Crippen molar-refractivity contribution in [2.24, 2.45) is 23.7 Å². The van der Waals surface area contributed by atoms with E-state index in [0.29, 0.717) is 30.8 Å². The molecular formula is C22H31F5O. The fourth-order valence-corrected chi connectivity index (χ4v) is 5.30. The van der Waals surface area contributed by atoms with E-state index in [0.717, 1.165) is 18.8 Å². The highest BCUT2D eigenvalue weighted by atomic mass is 19.3. The zero-order valence-corrected chi connectivity index (χ0v) is 16.5. The summed E-state index contributed by atoms with van der Waals surface area (Å²) in [6.45, 7) is 2.22. The van der Waals surface area contributed by atoms with Crippen LogP contribution in [0.4, 0.5) is 22.0 Å². The zero-order valence-electron chi connectivity index (χ0n) is 16.5. The lowest BCUT2D eigenvalue weighted by Gasteiger charge is -2.39. The molecule has 6 heteroatoms. The van der Waals surface area contributed by atoms with Gasteiger partial charge in [0.2, 0.25) is 0 Å². The van der Waals surface area contributed by atoms with Crippen LogP contribution in [-0.4, -0.2) is 12.3 Å². The second kappa shape index (κ2) is 9.17. The number of alkyl halides is 3. The highest BCUT2D eigenvalue weighted by Crippen LogP contribution is 2.46. The number of hydrogen-bond donors (Lipinski definition) is 0. The summed E-state index contributed by atoms with van der Waals surface area (Å²) < 4.78 is 73.5. The van der Waals surface area contributed by atoms with Crippen molar-refractivity contribution in [3.8, 4) is 0 Å². The van der Waals surface area contributed by atoms with Crippen molar-refractivity contribution in [2.75, 3.05) is 0 Å². The first-order chi connectivity index (χ1) is 13.3. The number of rotatable bonds is 6. The van der Waals surface area contributed by atoms with Crippen molar-refractivity contribution < 1.29 is 26.7 Å². The molecule has 0 bridgehead atoms. The largest absolute Gasteiger partial charge is 0.437 e. The number of ether oxygens (including phenoxy) is 1. The predicted molar refractivity (Wildman–Crippen MR) is 98.7 cm³/mol. The molecule has 2 fully saturated rings. The maximum absolute atomic E-state index is 14.5. The Morgan fingerprint density at radius 3 is 2.07 bits per heavy atom. The molecule has 0 aromatic rings. The SMILES string of the molecule is CCCC1CCC(C2CCC(C(F)(F)OC3=CC(F)=C(F)C(F)C3)CC2)CC1. The Hall–Kier alpha value is -1.07. The van der Waals surface area contributed by atoms with Crippen LogP contribution in [0.1, 0.15) is 77.6 Å². The molecule has 28 heavy (non-hydrogen) atoms. The summed E-state index contributed by atoms with van der Waals surface area (Å²) in [5.74, 6) is -2.53. The van der Waals surface area contributed by atoms with E-state index in [1.807, 2.05) is 0 Å². The van der Waals surface area contributed by atoms with Crippen LogP contribution >= 0.6 is 0 Å². The molecular weight excluding hydrogens is 375 g/mol. The Labute approximate surface area is 164 Å². The molecule has 0 spiro atoms. The quantitative estimate of drug-likeness (QED) is 0.409. The molecule has 0 aromatic heterocycles. The number of hydrogen-bond acceptors (Lipinski definition) is 1. The van der Waals surface area contributed by atoms with Gasteiger partial charge in [-0.25, -0.2) is 13.2 Å². The molecule has 0 N–H and O–H groups in total. The Morgan fingerprint density at radius 2 is 1.54 bits per heavy atom. The highest BCUT2D eigenvalue weighted by Gasteiger charge is 2.46. The molecule has 0 heterocycles. The van der Waals surface area contributed by atoms with Gasteiger partial charge in [0.25, 0.3) is 0 Å². The van der Waals surface area contributed by atoms with Crippen LogP contribution in [0.15, 0.2) is 23.5 Å². The van der Waals surface area contributed by atoms with Gasteiger partial charge in [0, 0.05) is 12.5 Å². The minimum atomic E-state index is -3.48. The van der Waals surface area contributed by atoms with E-state index in [1.165, 1.54) is 38.5 Å². The normalized spacial score (nSPS) is 34.9. The molecule has 3 aliphatic carbocycles. The molecule has 0 aliphatic heterocycles. The van der Waals surface area contributed by atoms with Gasteiger partial charge < -0.3 is 4.74 Å². The third kappa shape index (κ3) is 5.10. The van der Waals surface area contributed by atoms with E-state index in [1.54, 1.807) is 0 Å². The summed E-state index contributed by atoms with van der Waals surface area (Å²) in [7, 11) is 0. The Balaban J connectivity index is 1.49. The smallest absolute Gasteiger partial charge is 0.400 e. The van der Waals surface area contributed by atoms with Crippen molar-refractivity contribution in [2.45, 2.75) is 89.8 Å². The second-order valence-electron chi connectivity index (χ2n) is 8.82. The van der Waals surface area contributed by atoms with Crippen LogP contribution in [0.2, 0.25) is 0 Å². The highest BCUT2D eigenvalue weighted by molar-refractivity contribution is 5.26. The third-order valence-electron chi connectivity index (χ3n) is 6.94. The Kier molecular flexibility index (Phi) is 7.08. The van der Waals surface area contributed by atoms with E-state index in [4.69, 9.17) is 0 Å². The summed E-state index contributed by atoms with van der Waals surface area (Å²) in [6, 6.07) is 0. The minimum absolute atomic E-state index is 0.353. The van der Waals surface area contributed by atoms with Gasteiger partial charge in [0.15, 0.2) is 17.8 Å². The molecule has 1 unspecified atom stereocenters. The van der Waals surface area contributed by atoms with E-state index in [2.05, 4.69) is 11.7 Å². The van der Waals surface area contributed by atoms with Gasteiger partial charge in [-0.15, -0.1) is 0 Å². The molecule has 1 atom stereocenters. The van der Waals surface area contributed by atoms with Gasteiger partial charge in [-0.05, 0) is 56.3 Å². The molecule has 0 radical (unpaired) electrons. The molecule has 0 aromatic carbocycles. The first-order valence-electron chi connectivity index (χ1n) is 10.8. The summed E-state index contributed by atoms with van der Waals surface area (Å²) in [6.07, 6.45) is 3.75. The Bertz CT molecular complexity index is 584. The van der Waals surface area contributed by atoms with Gasteiger partial charge in [-0.2, -0.15) is 8.78 Å². The molecule has 1 nitrogen and oxygen atoms in total. The van der Waals surface area contributed by atoms with Crippen LogP contribution < -0.4 is 0 Å². The van der Waals surface area contributed by atoms with Crippen molar-refractivity contribution in [3.05, 3.63) is 23.5 Å². The van der Waals surface area contributed by atoms with Crippen molar-refractivity contribution >= 4 is 0 Å². The van der Waals surface area contributed by atoms with Gasteiger partial charge in [0.1, 0.15) is 5.76 Å². The molecule has 0 amide bonds. The van der Waals surface area contributed by atoms with E-state index in [-0.39, 0.29) is 0 Å². The lowest BCUT2D eigenvalue weighted by atomic mass is 9.68. The third-order valence-corrected chi connectivity index (χ3v) is 6.94. The summed E-state index contributed by atoms with van der Waals surface area (Å²) in [5.41, 5.74) is 0. The van der Waals surface area contributed by atoms with Crippen molar-refractivity contribution in [1.29, 1.82) is 0 Å². The fourth-order valence-electron chi connectivity index (χ4n) is 5.30. The summed E-state index contributed by atoms with van der Waals surface area (Å²) in [5, 5.41) is 0. The van der Waals surface area contributed by atoms with Crippen LogP contribution in [0.5, 0.6) is 0 Å². The van der Waals surface area contributed by atoms with Crippen LogP contribution in [-0.2, 0) is 4.74 Å². The van der Waals surface area contributed by atoms with Crippen molar-refractivity contribution in [1.82, 2.24) is 0 Å². The average molecular weight is 406 g/mol. The maximum atomic E-state index is 14.5. The van der Waals surface area contributed by atoms with E-state index >= 15 is 0 Å². The van der Waals surface area contributed by atoms with Gasteiger partial charge in [-0.3, -0.25) is 0 Å². The molecule has 3 aliphatic rings. The first kappa shape index (κ1) is 21.6. The Morgan fingerprint density at radius 1 is 0.964 bits per heavy atom. The van der Waals surface area contributed by atoms with Gasteiger partial charge in [-0.1, -0.05) is 32.6 Å². The van der Waals surface area contributed by atoms with Crippen LogP contribution in [0.25, 0.3) is 0 Å². The number of halogens is 5. The minimum Gasteiger partial charge on any atom is -0.437 e. The van der Waals surface area contributed by atoms with E-state index in [9.17, 15) is 22.0 Å². The molecule has 3 rings (SSSR count). The average Bonchev–Trinajstić information content (AvgIpc) is 2.67. The standard InChI is InChI=1S/C22H31F5O/c1-2-3-14-4-6-15(7-5-14)16-8-10-17(11-9-16)22(26,27)28-18-12-19(23)21(25)20(24)13-18/h12,14-17,20H,2-11,13H2,1H3. The fraction of sp³-hybridized carbons (Fsp3) is 0.818. The molecule has 160 valence electrons. The maximum Gasteiger partial charge on any atom is 0.400 e. The summed E-state index contributed by atoms with van der Waals surface area (Å²) in [4.78, 5) is 0. The number of allylic oxidation sites excluding steroid dienone is 4. The first-order valence-corrected chi connectivity index (χ1v) is 10.8. The monoisotopic (exact) mass is 406 g/mol.